The van der Waals surface area contributed by atoms with E-state index in [1.54, 1.807) is 4.68 Å². The van der Waals surface area contributed by atoms with Gasteiger partial charge in [-0.15, -0.1) is 5.10 Å². The van der Waals surface area contributed by atoms with Crippen molar-refractivity contribution in [3.05, 3.63) is 41.4 Å². The van der Waals surface area contributed by atoms with Crippen LogP contribution in [0.5, 0.6) is 0 Å². The molecule has 0 spiro atoms. The molecule has 1 aromatic carbocycles. The monoisotopic (exact) mass is 266 g/mol. The molecular formula is C11H11ClN4S. The number of aromatic nitrogens is 4. The van der Waals surface area contributed by atoms with Crippen LogP contribution in [-0.4, -0.2) is 26.0 Å². The van der Waals surface area contributed by atoms with E-state index in [2.05, 4.69) is 22.1 Å². The third kappa shape index (κ3) is 3.08. The quantitative estimate of drug-likeness (QED) is 0.798. The molecule has 0 radical (unpaired) electrons. The zero-order valence-electron chi connectivity index (χ0n) is 9.30. The molecule has 0 unspecified atom stereocenters. The van der Waals surface area contributed by atoms with Gasteiger partial charge in [-0.2, -0.15) is 4.68 Å². The maximum atomic E-state index is 5.73. The number of rotatable bonds is 4. The zero-order chi connectivity index (χ0) is 12.3. The summed E-state index contributed by atoms with van der Waals surface area (Å²) in [6, 6.07) is 7.99. The van der Waals surface area contributed by atoms with Gasteiger partial charge < -0.3 is 0 Å². The molecule has 0 N–H and O–H groups in total. The number of halogens is 1. The van der Waals surface area contributed by atoms with Crippen molar-refractivity contribution in [2.75, 3.05) is 5.75 Å². The van der Waals surface area contributed by atoms with E-state index in [9.17, 15) is 0 Å². The molecule has 0 aliphatic heterocycles. The Kier molecular flexibility index (Phi) is 3.81. The predicted octanol–water partition coefficient (Wildman–Crippen LogP) is 2.82. The molecule has 17 heavy (non-hydrogen) atoms. The Morgan fingerprint density at radius 2 is 2.35 bits per heavy atom. The van der Waals surface area contributed by atoms with Crippen molar-refractivity contribution >= 4 is 23.4 Å². The highest BCUT2D eigenvalue weighted by molar-refractivity contribution is 7.99. The summed E-state index contributed by atoms with van der Waals surface area (Å²) in [6.45, 7) is 5.67. The Balaban J connectivity index is 2.27. The van der Waals surface area contributed by atoms with Gasteiger partial charge in [0.1, 0.15) is 0 Å². The molecule has 88 valence electrons. The zero-order valence-corrected chi connectivity index (χ0v) is 10.9. The number of tetrazole rings is 1. The molecule has 2 aromatic rings. The maximum Gasteiger partial charge on any atom is 0.214 e. The molecule has 2 rings (SSSR count). The first-order valence-corrected chi connectivity index (χ1v) is 6.34. The molecule has 0 aliphatic rings. The smallest absolute Gasteiger partial charge is 0.187 e. The maximum absolute atomic E-state index is 5.73. The minimum absolute atomic E-state index is 0.578. The van der Waals surface area contributed by atoms with Gasteiger partial charge in [0.25, 0.3) is 0 Å². The fraction of sp³-hybridized carbons (Fsp3) is 0.182. The Morgan fingerprint density at radius 1 is 1.53 bits per heavy atom. The Hall–Kier alpha value is -1.33. The first-order valence-electron chi connectivity index (χ1n) is 4.98. The van der Waals surface area contributed by atoms with Gasteiger partial charge >= 0.3 is 0 Å². The molecule has 0 saturated carbocycles. The lowest BCUT2D eigenvalue weighted by molar-refractivity contribution is 0.756. The van der Waals surface area contributed by atoms with E-state index in [0.29, 0.717) is 15.9 Å². The minimum Gasteiger partial charge on any atom is -0.187 e. The van der Waals surface area contributed by atoms with Crippen molar-refractivity contribution in [1.29, 1.82) is 0 Å². The largest absolute Gasteiger partial charge is 0.214 e. The highest BCUT2D eigenvalue weighted by atomic mass is 35.5. The van der Waals surface area contributed by atoms with Crippen LogP contribution in [0.15, 0.2) is 41.0 Å². The third-order valence-electron chi connectivity index (χ3n) is 2.05. The summed E-state index contributed by atoms with van der Waals surface area (Å²) in [5.74, 6) is 0.591. The lowest BCUT2D eigenvalue weighted by Gasteiger charge is -2.04. The van der Waals surface area contributed by atoms with Crippen LogP contribution in [0.2, 0.25) is 0 Å². The van der Waals surface area contributed by atoms with Gasteiger partial charge in [0.15, 0.2) is 0 Å². The fourth-order valence-corrected chi connectivity index (χ4v) is 2.14. The van der Waals surface area contributed by atoms with E-state index in [0.717, 1.165) is 11.3 Å². The summed E-state index contributed by atoms with van der Waals surface area (Å²) in [7, 11) is 0. The average Bonchev–Trinajstić information content (AvgIpc) is 2.74. The van der Waals surface area contributed by atoms with Crippen LogP contribution in [0.25, 0.3) is 5.69 Å². The number of hydrogen-bond donors (Lipinski definition) is 0. The van der Waals surface area contributed by atoms with E-state index in [4.69, 9.17) is 11.6 Å². The van der Waals surface area contributed by atoms with Gasteiger partial charge in [-0.3, -0.25) is 0 Å². The lowest BCUT2D eigenvalue weighted by atomic mass is 10.2. The van der Waals surface area contributed by atoms with Crippen molar-refractivity contribution in [3.63, 3.8) is 0 Å². The van der Waals surface area contributed by atoms with Gasteiger partial charge in [-0.1, -0.05) is 42.1 Å². The number of aryl methyl sites for hydroxylation is 1. The standard InChI is InChI=1S/C11H11ClN4S/c1-8-4-3-5-10(6-8)16-11(13-14-15-16)17-7-9(2)12/h3-6H,2,7H2,1H3. The molecule has 0 aliphatic carbocycles. The second-order valence-electron chi connectivity index (χ2n) is 3.52. The summed E-state index contributed by atoms with van der Waals surface area (Å²) in [5.41, 5.74) is 2.10. The topological polar surface area (TPSA) is 43.6 Å². The van der Waals surface area contributed by atoms with E-state index < -0.39 is 0 Å². The minimum atomic E-state index is 0.578. The van der Waals surface area contributed by atoms with Gasteiger partial charge in [-0.05, 0) is 35.0 Å². The van der Waals surface area contributed by atoms with Crippen molar-refractivity contribution in [2.24, 2.45) is 0 Å². The Morgan fingerprint density at radius 3 is 3.06 bits per heavy atom. The summed E-state index contributed by atoms with van der Waals surface area (Å²) in [5, 5.41) is 12.9. The molecule has 0 bridgehead atoms. The van der Waals surface area contributed by atoms with Crippen LogP contribution in [0.1, 0.15) is 5.56 Å². The molecule has 1 aromatic heterocycles. The lowest BCUT2D eigenvalue weighted by Crippen LogP contribution is -1.99. The second kappa shape index (κ2) is 5.33. The highest BCUT2D eigenvalue weighted by Crippen LogP contribution is 2.21. The molecular weight excluding hydrogens is 256 g/mol. The Labute approximate surface area is 109 Å². The van der Waals surface area contributed by atoms with E-state index in [-0.39, 0.29) is 0 Å². The second-order valence-corrected chi connectivity index (χ2v) is 5.00. The van der Waals surface area contributed by atoms with Crippen molar-refractivity contribution in [2.45, 2.75) is 12.1 Å². The molecule has 0 amide bonds. The van der Waals surface area contributed by atoms with Crippen LogP contribution < -0.4 is 0 Å². The third-order valence-corrected chi connectivity index (χ3v) is 3.34. The fourth-order valence-electron chi connectivity index (χ4n) is 1.33. The summed E-state index contributed by atoms with van der Waals surface area (Å²) < 4.78 is 1.69. The molecule has 1 heterocycles. The number of nitrogens with zero attached hydrogens (tertiary/aromatic N) is 4. The number of benzene rings is 1. The average molecular weight is 267 g/mol. The number of hydrogen-bond acceptors (Lipinski definition) is 4. The molecule has 0 atom stereocenters. The van der Waals surface area contributed by atoms with E-state index in [1.807, 2.05) is 31.2 Å². The van der Waals surface area contributed by atoms with Crippen LogP contribution in [0.3, 0.4) is 0 Å². The van der Waals surface area contributed by atoms with Gasteiger partial charge in [0.05, 0.1) is 5.69 Å². The summed E-state index contributed by atoms with van der Waals surface area (Å²) >= 11 is 7.18. The predicted molar refractivity (Wildman–Crippen MR) is 69.6 cm³/mol. The number of thioether (sulfide) groups is 1. The van der Waals surface area contributed by atoms with E-state index in [1.165, 1.54) is 11.8 Å². The molecule has 4 nitrogen and oxygen atoms in total. The summed E-state index contributed by atoms with van der Waals surface area (Å²) in [4.78, 5) is 0. The summed E-state index contributed by atoms with van der Waals surface area (Å²) in [6.07, 6.45) is 0. The first-order chi connectivity index (χ1) is 8.16. The molecule has 0 fully saturated rings. The van der Waals surface area contributed by atoms with Crippen LogP contribution in [0, 0.1) is 6.92 Å². The van der Waals surface area contributed by atoms with Gasteiger partial charge in [0, 0.05) is 10.8 Å². The first kappa shape index (κ1) is 12.1. The van der Waals surface area contributed by atoms with Gasteiger partial charge in [0.2, 0.25) is 5.16 Å². The SMILES string of the molecule is C=C(Cl)CSc1nnnn1-c1cccc(C)c1. The normalized spacial score (nSPS) is 10.5. The Bertz CT molecular complexity index is 538. The van der Waals surface area contributed by atoms with Crippen LogP contribution in [0.4, 0.5) is 0 Å². The van der Waals surface area contributed by atoms with Crippen molar-refractivity contribution in [1.82, 2.24) is 20.2 Å². The van der Waals surface area contributed by atoms with Crippen LogP contribution >= 0.6 is 23.4 Å². The van der Waals surface area contributed by atoms with Crippen molar-refractivity contribution in [3.8, 4) is 5.69 Å². The highest BCUT2D eigenvalue weighted by Gasteiger charge is 2.08. The van der Waals surface area contributed by atoms with Crippen molar-refractivity contribution < 1.29 is 0 Å². The van der Waals surface area contributed by atoms with E-state index >= 15 is 0 Å². The molecule has 6 heteroatoms. The van der Waals surface area contributed by atoms with Crippen LogP contribution in [-0.2, 0) is 0 Å². The van der Waals surface area contributed by atoms with Gasteiger partial charge in [-0.25, -0.2) is 0 Å². The molecule has 0 saturated heterocycles.